The molecule has 6 heteroatoms. The summed E-state index contributed by atoms with van der Waals surface area (Å²) in [6, 6.07) is 9.83. The smallest absolute Gasteiger partial charge is 0.253 e. The fourth-order valence-electron chi connectivity index (χ4n) is 2.44. The molecule has 0 aliphatic heterocycles. The highest BCUT2D eigenvalue weighted by atomic mass is 32.1. The standard InChI is InChI=1S/C19H26N4OS/c1-4-23(5-2)18(24)17-8-6-15(7-9-17)12-21-19(20-3)22-13-16-10-11-25-14-16/h6-11,14H,4-5,12-13H2,1-3H3,(H2,20,21,22). The first-order valence-corrected chi connectivity index (χ1v) is 9.46. The number of benzene rings is 1. The van der Waals surface area contributed by atoms with Crippen LogP contribution in [-0.4, -0.2) is 36.9 Å². The van der Waals surface area contributed by atoms with E-state index in [0.717, 1.165) is 36.7 Å². The maximum absolute atomic E-state index is 12.3. The van der Waals surface area contributed by atoms with Crippen LogP contribution in [0.3, 0.4) is 0 Å². The average Bonchev–Trinajstić information content (AvgIpc) is 3.17. The van der Waals surface area contributed by atoms with Gasteiger partial charge >= 0.3 is 0 Å². The molecule has 1 aromatic carbocycles. The van der Waals surface area contributed by atoms with Crippen LogP contribution in [0.5, 0.6) is 0 Å². The predicted molar refractivity (Wildman–Crippen MR) is 105 cm³/mol. The minimum atomic E-state index is 0.0812. The van der Waals surface area contributed by atoms with Crippen molar-refractivity contribution in [3.8, 4) is 0 Å². The lowest BCUT2D eigenvalue weighted by Gasteiger charge is -2.18. The summed E-state index contributed by atoms with van der Waals surface area (Å²) >= 11 is 1.69. The van der Waals surface area contributed by atoms with E-state index >= 15 is 0 Å². The number of hydrogen-bond acceptors (Lipinski definition) is 3. The molecular formula is C19H26N4OS. The lowest BCUT2D eigenvalue weighted by molar-refractivity contribution is 0.0773. The van der Waals surface area contributed by atoms with Gasteiger partial charge in [0.2, 0.25) is 0 Å². The van der Waals surface area contributed by atoms with Crippen molar-refractivity contribution in [2.75, 3.05) is 20.1 Å². The molecule has 0 atom stereocenters. The summed E-state index contributed by atoms with van der Waals surface area (Å²) in [7, 11) is 1.76. The molecule has 5 nitrogen and oxygen atoms in total. The third kappa shape index (κ3) is 5.60. The molecule has 1 amide bonds. The van der Waals surface area contributed by atoms with Crippen molar-refractivity contribution >= 4 is 23.2 Å². The van der Waals surface area contributed by atoms with Crippen molar-refractivity contribution in [1.29, 1.82) is 0 Å². The molecule has 0 aliphatic rings. The van der Waals surface area contributed by atoms with Crippen LogP contribution in [0.15, 0.2) is 46.1 Å². The van der Waals surface area contributed by atoms with E-state index < -0.39 is 0 Å². The van der Waals surface area contributed by atoms with Gasteiger partial charge in [-0.1, -0.05) is 12.1 Å². The highest BCUT2D eigenvalue weighted by Crippen LogP contribution is 2.08. The molecule has 2 aromatic rings. The molecular weight excluding hydrogens is 332 g/mol. The third-order valence-electron chi connectivity index (χ3n) is 3.98. The highest BCUT2D eigenvalue weighted by molar-refractivity contribution is 7.07. The van der Waals surface area contributed by atoms with E-state index in [0.29, 0.717) is 6.54 Å². The largest absolute Gasteiger partial charge is 0.352 e. The number of hydrogen-bond donors (Lipinski definition) is 2. The molecule has 0 fully saturated rings. The summed E-state index contributed by atoms with van der Waals surface area (Å²) in [6.45, 7) is 6.85. The molecule has 1 heterocycles. The van der Waals surface area contributed by atoms with Gasteiger partial charge in [0.1, 0.15) is 0 Å². The van der Waals surface area contributed by atoms with E-state index in [9.17, 15) is 4.79 Å². The number of carbonyl (C=O) groups is 1. The Morgan fingerprint density at radius 3 is 2.20 bits per heavy atom. The summed E-state index contributed by atoms with van der Waals surface area (Å²) in [5.74, 6) is 0.840. The van der Waals surface area contributed by atoms with Gasteiger partial charge < -0.3 is 15.5 Å². The van der Waals surface area contributed by atoms with Gasteiger partial charge in [0.25, 0.3) is 5.91 Å². The molecule has 134 valence electrons. The number of carbonyl (C=O) groups excluding carboxylic acids is 1. The minimum absolute atomic E-state index is 0.0812. The van der Waals surface area contributed by atoms with Crippen molar-refractivity contribution in [3.63, 3.8) is 0 Å². The van der Waals surface area contributed by atoms with Crippen LogP contribution in [0.25, 0.3) is 0 Å². The van der Waals surface area contributed by atoms with Gasteiger partial charge in [-0.25, -0.2) is 0 Å². The van der Waals surface area contributed by atoms with Crippen LogP contribution in [-0.2, 0) is 13.1 Å². The van der Waals surface area contributed by atoms with Crippen molar-refractivity contribution in [1.82, 2.24) is 15.5 Å². The van der Waals surface area contributed by atoms with E-state index in [2.05, 4.69) is 32.5 Å². The molecule has 0 aliphatic carbocycles. The number of amides is 1. The number of nitrogens with one attached hydrogen (secondary N) is 2. The van der Waals surface area contributed by atoms with Crippen LogP contribution < -0.4 is 10.6 Å². The average molecular weight is 359 g/mol. The van der Waals surface area contributed by atoms with Crippen molar-refractivity contribution in [2.24, 2.45) is 4.99 Å². The number of aliphatic imine (C=N–C) groups is 1. The van der Waals surface area contributed by atoms with Crippen molar-refractivity contribution in [2.45, 2.75) is 26.9 Å². The molecule has 0 saturated heterocycles. The highest BCUT2D eigenvalue weighted by Gasteiger charge is 2.11. The molecule has 2 N–H and O–H groups in total. The van der Waals surface area contributed by atoms with E-state index in [4.69, 9.17) is 0 Å². The Hall–Kier alpha value is -2.34. The lowest BCUT2D eigenvalue weighted by atomic mass is 10.1. The Morgan fingerprint density at radius 2 is 1.68 bits per heavy atom. The third-order valence-corrected chi connectivity index (χ3v) is 4.71. The zero-order valence-corrected chi connectivity index (χ0v) is 15.9. The zero-order chi connectivity index (χ0) is 18.1. The van der Waals surface area contributed by atoms with Crippen molar-refractivity contribution < 1.29 is 4.79 Å². The van der Waals surface area contributed by atoms with E-state index in [1.54, 1.807) is 18.4 Å². The fourth-order valence-corrected chi connectivity index (χ4v) is 3.11. The minimum Gasteiger partial charge on any atom is -0.352 e. The quantitative estimate of drug-likeness (QED) is 0.591. The maximum atomic E-state index is 12.3. The lowest BCUT2D eigenvalue weighted by Crippen LogP contribution is -2.36. The van der Waals surface area contributed by atoms with Crippen LogP contribution in [0.2, 0.25) is 0 Å². The molecule has 25 heavy (non-hydrogen) atoms. The van der Waals surface area contributed by atoms with E-state index in [-0.39, 0.29) is 5.91 Å². The second-order valence-electron chi connectivity index (χ2n) is 5.59. The first kappa shape index (κ1) is 19.0. The maximum Gasteiger partial charge on any atom is 0.253 e. The Kier molecular flexibility index (Phi) is 7.47. The molecule has 0 spiro atoms. The summed E-state index contributed by atoms with van der Waals surface area (Å²) in [5, 5.41) is 10.8. The number of rotatable bonds is 7. The van der Waals surface area contributed by atoms with Crippen molar-refractivity contribution in [3.05, 3.63) is 57.8 Å². The second-order valence-corrected chi connectivity index (χ2v) is 6.37. The first-order valence-electron chi connectivity index (χ1n) is 8.51. The fraction of sp³-hybridized carbons (Fsp3) is 0.368. The van der Waals surface area contributed by atoms with Gasteiger partial charge in [-0.2, -0.15) is 11.3 Å². The molecule has 0 radical (unpaired) electrons. The van der Waals surface area contributed by atoms with E-state index in [1.807, 2.05) is 43.0 Å². The topological polar surface area (TPSA) is 56.7 Å². The monoisotopic (exact) mass is 358 g/mol. The number of nitrogens with zero attached hydrogens (tertiary/aromatic N) is 2. The Balaban J connectivity index is 1.86. The van der Waals surface area contributed by atoms with E-state index in [1.165, 1.54) is 5.56 Å². The molecule has 2 rings (SSSR count). The SMILES string of the molecule is CCN(CC)C(=O)c1ccc(CNC(=NC)NCc2ccsc2)cc1. The summed E-state index contributed by atoms with van der Waals surface area (Å²) in [5.41, 5.74) is 3.08. The summed E-state index contributed by atoms with van der Waals surface area (Å²) in [4.78, 5) is 18.4. The van der Waals surface area contributed by atoms with Gasteiger partial charge in [-0.05, 0) is 53.9 Å². The van der Waals surface area contributed by atoms with Crippen LogP contribution >= 0.6 is 11.3 Å². The number of thiophene rings is 1. The van der Waals surface area contributed by atoms with Gasteiger partial charge in [-0.15, -0.1) is 0 Å². The van der Waals surface area contributed by atoms with Gasteiger partial charge in [-0.3, -0.25) is 9.79 Å². The second kappa shape index (κ2) is 9.84. The van der Waals surface area contributed by atoms with Crippen LogP contribution in [0.1, 0.15) is 35.3 Å². The van der Waals surface area contributed by atoms with Crippen LogP contribution in [0, 0.1) is 0 Å². The first-order chi connectivity index (χ1) is 12.2. The van der Waals surface area contributed by atoms with Crippen LogP contribution in [0.4, 0.5) is 0 Å². The Morgan fingerprint density at radius 1 is 1.04 bits per heavy atom. The van der Waals surface area contributed by atoms with Gasteiger partial charge in [0, 0.05) is 38.8 Å². The molecule has 1 aromatic heterocycles. The predicted octanol–water partition coefficient (Wildman–Crippen LogP) is 3.10. The molecule has 0 saturated carbocycles. The summed E-state index contributed by atoms with van der Waals surface area (Å²) < 4.78 is 0. The normalized spacial score (nSPS) is 11.2. The molecule has 0 unspecified atom stereocenters. The summed E-state index contributed by atoms with van der Waals surface area (Å²) in [6.07, 6.45) is 0. The Labute approximate surface area is 153 Å². The van der Waals surface area contributed by atoms with Gasteiger partial charge in [0.15, 0.2) is 5.96 Å². The van der Waals surface area contributed by atoms with Gasteiger partial charge in [0.05, 0.1) is 0 Å². The molecule has 0 bridgehead atoms. The zero-order valence-electron chi connectivity index (χ0n) is 15.1. The number of guanidine groups is 1. The Bertz CT molecular complexity index is 676.